The molecule has 0 unspecified atom stereocenters. The molecule has 2 heterocycles. The summed E-state index contributed by atoms with van der Waals surface area (Å²) in [5.74, 6) is 0.459. The van der Waals surface area contributed by atoms with Gasteiger partial charge in [0, 0.05) is 18.8 Å². The number of aromatic nitrogens is 3. The summed E-state index contributed by atoms with van der Waals surface area (Å²) in [6.45, 7) is 0. The van der Waals surface area contributed by atoms with Gasteiger partial charge in [-0.3, -0.25) is 9.52 Å². The van der Waals surface area contributed by atoms with E-state index in [2.05, 4.69) is 20.0 Å². The zero-order valence-corrected chi connectivity index (χ0v) is 21.7. The third-order valence-corrected chi connectivity index (χ3v) is 7.36. The van der Waals surface area contributed by atoms with Crippen LogP contribution in [0.4, 0.5) is 11.6 Å². The lowest BCUT2D eigenvalue weighted by atomic mass is 10.0. The van der Waals surface area contributed by atoms with Crippen LogP contribution in [-0.2, 0) is 10.0 Å². The maximum absolute atomic E-state index is 13.6. The number of hydrogen-bond donors (Lipinski definition) is 2. The fourth-order valence-corrected chi connectivity index (χ4v) is 5.23. The molecule has 2 aromatic heterocycles. The van der Waals surface area contributed by atoms with E-state index in [1.807, 2.05) is 36.4 Å². The summed E-state index contributed by atoms with van der Waals surface area (Å²) in [5.41, 5.74) is 2.38. The summed E-state index contributed by atoms with van der Waals surface area (Å²) in [6, 6.07) is 23.5. The summed E-state index contributed by atoms with van der Waals surface area (Å²) < 4.78 is 35.4. The van der Waals surface area contributed by atoms with Gasteiger partial charge in [0.2, 0.25) is 11.8 Å². The van der Waals surface area contributed by atoms with Crippen LogP contribution in [0.15, 0.2) is 94.7 Å². The number of pyridine rings is 1. The number of nitrogens with zero attached hydrogens (tertiary/aromatic N) is 4. The number of para-hydroxylation sites is 1. The largest absolute Gasteiger partial charge is 0.480 e. The van der Waals surface area contributed by atoms with E-state index in [0.717, 1.165) is 0 Å². The number of nitriles is 1. The molecule has 0 atom stereocenters. The minimum Gasteiger partial charge on any atom is -0.480 e. The Labute approximate surface area is 224 Å². The van der Waals surface area contributed by atoms with Gasteiger partial charge in [-0.25, -0.2) is 23.0 Å². The molecule has 0 radical (unpaired) electrons. The van der Waals surface area contributed by atoms with Gasteiger partial charge >= 0.3 is 0 Å². The van der Waals surface area contributed by atoms with Crippen LogP contribution in [-0.4, -0.2) is 37.1 Å². The van der Waals surface area contributed by atoms with Crippen molar-refractivity contribution in [2.45, 2.75) is 4.90 Å². The maximum Gasteiger partial charge on any atom is 0.267 e. The minimum atomic E-state index is -4.05. The molecule has 0 aliphatic rings. The van der Waals surface area contributed by atoms with Crippen LogP contribution in [0.3, 0.4) is 0 Å². The first-order valence-corrected chi connectivity index (χ1v) is 13.2. The first-order valence-electron chi connectivity index (χ1n) is 11.7. The van der Waals surface area contributed by atoms with Crippen molar-refractivity contribution in [1.82, 2.24) is 14.5 Å². The van der Waals surface area contributed by atoms with E-state index >= 15 is 0 Å². The normalized spacial score (nSPS) is 11.1. The molecule has 10 nitrogen and oxygen atoms in total. The van der Waals surface area contributed by atoms with Crippen LogP contribution in [0, 0.1) is 11.3 Å². The molecule has 11 heteroatoms. The number of ether oxygens (including phenoxy) is 1. The molecule has 0 saturated heterocycles. The van der Waals surface area contributed by atoms with Crippen LogP contribution < -0.4 is 20.3 Å². The van der Waals surface area contributed by atoms with Crippen molar-refractivity contribution in [3.8, 4) is 28.8 Å². The van der Waals surface area contributed by atoms with Crippen LogP contribution >= 0.6 is 0 Å². The fourth-order valence-electron chi connectivity index (χ4n) is 4.13. The van der Waals surface area contributed by atoms with Crippen molar-refractivity contribution in [2.75, 3.05) is 24.2 Å². The highest BCUT2D eigenvalue weighted by Crippen LogP contribution is 2.31. The van der Waals surface area contributed by atoms with E-state index in [1.54, 1.807) is 31.3 Å². The third kappa shape index (κ3) is 4.88. The van der Waals surface area contributed by atoms with Crippen molar-refractivity contribution < 1.29 is 13.2 Å². The highest BCUT2D eigenvalue weighted by Gasteiger charge is 2.19. The van der Waals surface area contributed by atoms with Gasteiger partial charge in [0.25, 0.3) is 15.6 Å². The quantitative estimate of drug-likeness (QED) is 0.315. The molecule has 3 aromatic carbocycles. The zero-order valence-electron chi connectivity index (χ0n) is 20.9. The SMILES string of the molecule is CNc1nc2ccc(-c3cnc(OC)c(NS(=O)(=O)c4cccc(C#N)c4)c3)cc2c(=O)n1-c1ccccc1. The molecule has 0 saturated carbocycles. The van der Waals surface area contributed by atoms with Crippen LogP contribution in [0.5, 0.6) is 5.88 Å². The number of hydrogen-bond acceptors (Lipinski definition) is 8. The zero-order chi connectivity index (χ0) is 27.6. The first-order chi connectivity index (χ1) is 18.8. The Bertz CT molecular complexity index is 1920. The molecule has 0 spiro atoms. The van der Waals surface area contributed by atoms with Crippen molar-refractivity contribution in [3.63, 3.8) is 0 Å². The number of nitrogens with one attached hydrogen (secondary N) is 2. The lowest BCUT2D eigenvalue weighted by Gasteiger charge is -2.14. The average molecular weight is 539 g/mol. The van der Waals surface area contributed by atoms with Gasteiger partial charge in [-0.1, -0.05) is 30.3 Å². The van der Waals surface area contributed by atoms with E-state index in [-0.39, 0.29) is 27.6 Å². The van der Waals surface area contributed by atoms with Crippen LogP contribution in [0.2, 0.25) is 0 Å². The highest BCUT2D eigenvalue weighted by atomic mass is 32.2. The lowest BCUT2D eigenvalue weighted by Crippen LogP contribution is -2.22. The smallest absolute Gasteiger partial charge is 0.267 e. The molecule has 194 valence electrons. The summed E-state index contributed by atoms with van der Waals surface area (Å²) in [6.07, 6.45) is 1.53. The topological polar surface area (TPSA) is 139 Å². The maximum atomic E-state index is 13.6. The molecule has 5 rings (SSSR count). The fraction of sp³-hybridized carbons (Fsp3) is 0.0714. The number of methoxy groups -OCH3 is 1. The van der Waals surface area contributed by atoms with Gasteiger partial charge in [-0.05, 0) is 54.1 Å². The van der Waals surface area contributed by atoms with Gasteiger partial charge in [0.1, 0.15) is 5.69 Å². The minimum absolute atomic E-state index is 0.0614. The van der Waals surface area contributed by atoms with Crippen molar-refractivity contribution in [2.24, 2.45) is 0 Å². The van der Waals surface area contributed by atoms with E-state index < -0.39 is 10.0 Å². The van der Waals surface area contributed by atoms with Crippen LogP contribution in [0.1, 0.15) is 5.56 Å². The summed E-state index contributed by atoms with van der Waals surface area (Å²) in [4.78, 5) is 22.4. The number of fused-ring (bicyclic) bond motifs is 1. The molecule has 0 aliphatic carbocycles. The Balaban J connectivity index is 1.60. The molecule has 0 bridgehead atoms. The molecule has 0 amide bonds. The second kappa shape index (κ2) is 10.3. The third-order valence-electron chi connectivity index (χ3n) is 6.00. The first kappa shape index (κ1) is 25.4. The number of benzene rings is 3. The Morgan fingerprint density at radius 2 is 1.77 bits per heavy atom. The van der Waals surface area contributed by atoms with Gasteiger partial charge in [-0.15, -0.1) is 0 Å². The molecule has 39 heavy (non-hydrogen) atoms. The predicted molar refractivity (Wildman–Crippen MR) is 149 cm³/mol. The lowest BCUT2D eigenvalue weighted by molar-refractivity contribution is 0.400. The van der Waals surface area contributed by atoms with Gasteiger partial charge < -0.3 is 10.1 Å². The number of sulfonamides is 1. The van der Waals surface area contributed by atoms with Gasteiger partial charge in [0.15, 0.2) is 0 Å². The van der Waals surface area contributed by atoms with Crippen molar-refractivity contribution in [1.29, 1.82) is 5.26 Å². The van der Waals surface area contributed by atoms with Crippen molar-refractivity contribution in [3.05, 3.63) is 101 Å². The van der Waals surface area contributed by atoms with Gasteiger partial charge in [-0.2, -0.15) is 5.26 Å². The van der Waals surface area contributed by atoms with Gasteiger partial charge in [0.05, 0.1) is 40.2 Å². The predicted octanol–water partition coefficient (Wildman–Crippen LogP) is 4.17. The summed E-state index contributed by atoms with van der Waals surface area (Å²) in [5, 5.41) is 12.5. The van der Waals surface area contributed by atoms with E-state index in [4.69, 9.17) is 10.00 Å². The Morgan fingerprint density at radius 3 is 2.49 bits per heavy atom. The second-order valence-corrected chi connectivity index (χ2v) is 10.1. The molecule has 5 aromatic rings. The monoisotopic (exact) mass is 538 g/mol. The standard InChI is InChI=1S/C28H22N6O4S/c1-30-28-32-24-12-11-19(14-23(24)27(35)34(28)21-8-4-3-5-9-21)20-15-25(26(38-2)31-17-20)33-39(36,37)22-10-6-7-18(13-22)16-29/h3-15,17,33H,1-2H3,(H,30,32). The summed E-state index contributed by atoms with van der Waals surface area (Å²) >= 11 is 0. The Kier molecular flexibility index (Phi) is 6.70. The molecule has 0 fully saturated rings. The van der Waals surface area contributed by atoms with E-state index in [9.17, 15) is 13.2 Å². The van der Waals surface area contributed by atoms with E-state index in [1.165, 1.54) is 42.1 Å². The number of rotatable bonds is 7. The molecule has 2 N–H and O–H groups in total. The van der Waals surface area contributed by atoms with E-state index in [0.29, 0.717) is 33.7 Å². The summed E-state index contributed by atoms with van der Waals surface area (Å²) in [7, 11) is -0.978. The highest BCUT2D eigenvalue weighted by molar-refractivity contribution is 7.92. The molecular formula is C28H22N6O4S. The molecular weight excluding hydrogens is 516 g/mol. The Hall–Kier alpha value is -5.21. The molecule has 0 aliphatic heterocycles. The number of anilines is 2. The second-order valence-electron chi connectivity index (χ2n) is 8.42. The Morgan fingerprint density at radius 1 is 0.974 bits per heavy atom. The van der Waals surface area contributed by atoms with Crippen molar-refractivity contribution >= 4 is 32.6 Å². The average Bonchev–Trinajstić information content (AvgIpc) is 2.97. The van der Waals surface area contributed by atoms with Crippen LogP contribution in [0.25, 0.3) is 27.7 Å².